The van der Waals surface area contributed by atoms with E-state index in [1.165, 1.54) is 21.3 Å². The molecular formula is C27H29NO6. The smallest absolute Gasteiger partial charge is 0.307 e. The Hall–Kier alpha value is -4.00. The molecule has 0 saturated heterocycles. The Bertz CT molecular complexity index is 1050. The SMILES string of the molecule is COc1cc(OC)c(OC)cc1CNC(=O)COC(=O)CC(c1ccccc1)c1ccccc1. The minimum atomic E-state index is -0.448. The molecule has 0 aromatic heterocycles. The maximum atomic E-state index is 12.6. The number of hydrogen-bond donors (Lipinski definition) is 1. The lowest BCUT2D eigenvalue weighted by atomic mass is 9.89. The minimum Gasteiger partial charge on any atom is -0.496 e. The van der Waals surface area contributed by atoms with Crippen LogP contribution in [0.5, 0.6) is 17.2 Å². The predicted octanol–water partition coefficient (Wildman–Crippen LogP) is 4.09. The molecule has 34 heavy (non-hydrogen) atoms. The fourth-order valence-electron chi connectivity index (χ4n) is 3.65. The molecule has 0 aliphatic rings. The first kappa shape index (κ1) is 24.6. The van der Waals surface area contributed by atoms with Crippen LogP contribution in [-0.2, 0) is 20.9 Å². The summed E-state index contributed by atoms with van der Waals surface area (Å²) in [5, 5.41) is 2.74. The highest BCUT2D eigenvalue weighted by molar-refractivity contribution is 5.81. The number of carbonyl (C=O) groups is 2. The van der Waals surface area contributed by atoms with Crippen LogP contribution in [0.15, 0.2) is 72.8 Å². The third kappa shape index (κ3) is 6.51. The standard InChI is InChI=1S/C27H29NO6/c1-31-23-16-25(33-3)24(32-2)14-21(23)17-28-26(29)18-34-27(30)15-22(19-10-6-4-7-11-19)20-12-8-5-9-13-20/h4-14,16,22H,15,17-18H2,1-3H3,(H,28,29). The molecule has 3 aromatic carbocycles. The average Bonchev–Trinajstić information content (AvgIpc) is 2.89. The number of methoxy groups -OCH3 is 3. The van der Waals surface area contributed by atoms with Crippen molar-refractivity contribution in [2.75, 3.05) is 27.9 Å². The molecule has 1 N–H and O–H groups in total. The van der Waals surface area contributed by atoms with E-state index in [1.54, 1.807) is 12.1 Å². The second kappa shape index (κ2) is 12.3. The number of carbonyl (C=O) groups excluding carboxylic acids is 2. The molecule has 0 spiro atoms. The molecule has 7 heteroatoms. The normalized spacial score (nSPS) is 10.5. The molecule has 0 aliphatic heterocycles. The van der Waals surface area contributed by atoms with Crippen LogP contribution in [0, 0.1) is 0 Å². The molecule has 0 bridgehead atoms. The fraction of sp³-hybridized carbons (Fsp3) is 0.259. The summed E-state index contributed by atoms with van der Waals surface area (Å²) in [7, 11) is 4.60. The van der Waals surface area contributed by atoms with E-state index in [-0.39, 0.29) is 25.5 Å². The van der Waals surface area contributed by atoms with E-state index < -0.39 is 11.9 Å². The number of amides is 1. The summed E-state index contributed by atoms with van der Waals surface area (Å²) < 4.78 is 21.2. The van der Waals surface area contributed by atoms with Crippen molar-refractivity contribution in [3.05, 3.63) is 89.5 Å². The van der Waals surface area contributed by atoms with Gasteiger partial charge in [0, 0.05) is 24.1 Å². The topological polar surface area (TPSA) is 83.1 Å². The molecule has 7 nitrogen and oxygen atoms in total. The monoisotopic (exact) mass is 463 g/mol. The maximum Gasteiger partial charge on any atom is 0.307 e. The highest BCUT2D eigenvalue weighted by atomic mass is 16.5. The third-order valence-corrected chi connectivity index (χ3v) is 5.40. The molecule has 0 unspecified atom stereocenters. The predicted molar refractivity (Wildman–Crippen MR) is 128 cm³/mol. The number of benzene rings is 3. The lowest BCUT2D eigenvalue weighted by Gasteiger charge is -2.17. The van der Waals surface area contributed by atoms with Gasteiger partial charge in [-0.25, -0.2) is 0 Å². The first-order chi connectivity index (χ1) is 16.5. The number of nitrogens with one attached hydrogen (secondary N) is 1. The van der Waals surface area contributed by atoms with Crippen molar-refractivity contribution in [2.24, 2.45) is 0 Å². The van der Waals surface area contributed by atoms with Gasteiger partial charge < -0.3 is 24.3 Å². The zero-order chi connectivity index (χ0) is 24.3. The molecule has 178 valence electrons. The van der Waals surface area contributed by atoms with Gasteiger partial charge in [0.15, 0.2) is 18.1 Å². The van der Waals surface area contributed by atoms with Crippen molar-refractivity contribution < 1.29 is 28.5 Å². The highest BCUT2D eigenvalue weighted by Crippen LogP contribution is 2.34. The maximum absolute atomic E-state index is 12.6. The first-order valence-corrected chi connectivity index (χ1v) is 10.9. The van der Waals surface area contributed by atoms with E-state index in [9.17, 15) is 9.59 Å². The van der Waals surface area contributed by atoms with Crippen molar-refractivity contribution in [3.63, 3.8) is 0 Å². The Morgan fingerprint density at radius 1 is 0.765 bits per heavy atom. The summed E-state index contributed by atoms with van der Waals surface area (Å²) in [6.07, 6.45) is 0.130. The lowest BCUT2D eigenvalue weighted by molar-refractivity contribution is -0.148. The molecular weight excluding hydrogens is 434 g/mol. The Balaban J connectivity index is 1.58. The quantitative estimate of drug-likeness (QED) is 0.431. The molecule has 0 radical (unpaired) electrons. The van der Waals surface area contributed by atoms with E-state index in [0.717, 1.165) is 11.1 Å². The summed E-state index contributed by atoms with van der Waals surface area (Å²) in [5.74, 6) is 0.566. The van der Waals surface area contributed by atoms with Crippen LogP contribution < -0.4 is 19.5 Å². The second-order valence-corrected chi connectivity index (χ2v) is 7.53. The van der Waals surface area contributed by atoms with E-state index in [4.69, 9.17) is 18.9 Å². The number of ether oxygens (including phenoxy) is 4. The Labute approximate surface area is 199 Å². The molecule has 0 aliphatic carbocycles. The fourth-order valence-corrected chi connectivity index (χ4v) is 3.65. The van der Waals surface area contributed by atoms with Crippen LogP contribution >= 0.6 is 0 Å². The van der Waals surface area contributed by atoms with Gasteiger partial charge >= 0.3 is 5.97 Å². The van der Waals surface area contributed by atoms with Gasteiger partial charge in [0.25, 0.3) is 5.91 Å². The molecule has 1 amide bonds. The van der Waals surface area contributed by atoms with Gasteiger partial charge in [-0.05, 0) is 17.2 Å². The molecule has 3 rings (SSSR count). The van der Waals surface area contributed by atoms with Crippen molar-refractivity contribution in [2.45, 2.75) is 18.9 Å². The van der Waals surface area contributed by atoms with Gasteiger partial charge in [0.2, 0.25) is 0 Å². The molecule has 0 saturated carbocycles. The van der Waals surface area contributed by atoms with E-state index in [1.807, 2.05) is 60.7 Å². The van der Waals surface area contributed by atoms with Gasteiger partial charge in [0.1, 0.15) is 5.75 Å². The van der Waals surface area contributed by atoms with Gasteiger partial charge in [-0.2, -0.15) is 0 Å². The summed E-state index contributed by atoms with van der Waals surface area (Å²) in [6.45, 7) is -0.193. The number of hydrogen-bond acceptors (Lipinski definition) is 6. The van der Waals surface area contributed by atoms with E-state index in [0.29, 0.717) is 22.8 Å². The summed E-state index contributed by atoms with van der Waals surface area (Å²) >= 11 is 0. The average molecular weight is 464 g/mol. The summed E-state index contributed by atoms with van der Waals surface area (Å²) in [4.78, 5) is 24.9. The Morgan fingerprint density at radius 2 is 1.29 bits per heavy atom. The minimum absolute atomic E-state index is 0.130. The molecule has 0 heterocycles. The van der Waals surface area contributed by atoms with Crippen molar-refractivity contribution in [1.82, 2.24) is 5.32 Å². The van der Waals surface area contributed by atoms with Crippen LogP contribution in [-0.4, -0.2) is 39.8 Å². The first-order valence-electron chi connectivity index (χ1n) is 10.9. The van der Waals surface area contributed by atoms with E-state index >= 15 is 0 Å². The Kier molecular flexibility index (Phi) is 8.91. The van der Waals surface area contributed by atoms with E-state index in [2.05, 4.69) is 5.32 Å². The van der Waals surface area contributed by atoms with Crippen molar-refractivity contribution >= 4 is 11.9 Å². The van der Waals surface area contributed by atoms with Gasteiger partial charge in [-0.3, -0.25) is 9.59 Å². The van der Waals surface area contributed by atoms with Crippen molar-refractivity contribution in [3.8, 4) is 17.2 Å². The molecule has 0 atom stereocenters. The van der Waals surface area contributed by atoms with Crippen LogP contribution in [0.1, 0.15) is 29.0 Å². The second-order valence-electron chi connectivity index (χ2n) is 7.53. The largest absolute Gasteiger partial charge is 0.496 e. The molecule has 0 fully saturated rings. The lowest BCUT2D eigenvalue weighted by Crippen LogP contribution is -2.28. The number of esters is 1. The van der Waals surface area contributed by atoms with Crippen LogP contribution in [0.25, 0.3) is 0 Å². The zero-order valence-electron chi connectivity index (χ0n) is 19.6. The summed E-state index contributed by atoms with van der Waals surface area (Å²) in [5.41, 5.74) is 2.72. The van der Waals surface area contributed by atoms with Crippen molar-refractivity contribution in [1.29, 1.82) is 0 Å². The van der Waals surface area contributed by atoms with Gasteiger partial charge in [-0.1, -0.05) is 60.7 Å². The van der Waals surface area contributed by atoms with Crippen LogP contribution in [0.4, 0.5) is 0 Å². The van der Waals surface area contributed by atoms with Crippen LogP contribution in [0.3, 0.4) is 0 Å². The summed E-state index contributed by atoms with van der Waals surface area (Å²) in [6, 6.07) is 23.0. The van der Waals surface area contributed by atoms with Gasteiger partial charge in [0.05, 0.1) is 27.8 Å². The highest BCUT2D eigenvalue weighted by Gasteiger charge is 2.20. The number of rotatable bonds is 11. The molecule has 3 aromatic rings. The van der Waals surface area contributed by atoms with Crippen LogP contribution in [0.2, 0.25) is 0 Å². The Morgan fingerprint density at radius 3 is 1.82 bits per heavy atom. The zero-order valence-corrected chi connectivity index (χ0v) is 19.6. The third-order valence-electron chi connectivity index (χ3n) is 5.40. The van der Waals surface area contributed by atoms with Gasteiger partial charge in [-0.15, -0.1) is 0 Å².